The van der Waals surface area contributed by atoms with Crippen molar-refractivity contribution in [3.63, 3.8) is 0 Å². The Morgan fingerprint density at radius 3 is 2.41 bits per heavy atom. The molecule has 3 rings (SSSR count). The number of hydrogen-bond donors (Lipinski definition) is 2. The molecular weight excluding hydrogens is 304 g/mol. The summed E-state index contributed by atoms with van der Waals surface area (Å²) in [6.45, 7) is 0. The molecule has 0 aliphatic carbocycles. The molecule has 1 heterocycles. The largest absolute Gasteiger partial charge is 0.465 e. The smallest absolute Gasteiger partial charge is 0.409 e. The minimum absolute atomic E-state index is 0.315. The number of nitrogens with one attached hydrogen (secondary N) is 1. The molecule has 22 heavy (non-hydrogen) atoms. The summed E-state index contributed by atoms with van der Waals surface area (Å²) in [6, 6.07) is 13.2. The second kappa shape index (κ2) is 5.11. The number of carboxylic acid groups (broad SMARTS) is 1. The predicted molar refractivity (Wildman–Crippen MR) is 81.3 cm³/mol. The Morgan fingerprint density at radius 1 is 1.14 bits per heavy atom. The van der Waals surface area contributed by atoms with Crippen molar-refractivity contribution in [2.45, 2.75) is 10.9 Å². The highest BCUT2D eigenvalue weighted by Gasteiger charge is 2.40. The van der Waals surface area contributed by atoms with Crippen molar-refractivity contribution < 1.29 is 18.3 Å². The fourth-order valence-corrected chi connectivity index (χ4v) is 4.24. The minimum atomic E-state index is -3.49. The topological polar surface area (TPSA) is 86.7 Å². The van der Waals surface area contributed by atoms with E-state index in [2.05, 4.69) is 5.32 Å². The van der Waals surface area contributed by atoms with Crippen LogP contribution in [0.4, 0.5) is 10.5 Å². The molecule has 0 fully saturated rings. The quantitative estimate of drug-likeness (QED) is 0.890. The first kappa shape index (κ1) is 14.6. The molecule has 0 spiro atoms. The molecule has 1 atom stereocenters. The minimum Gasteiger partial charge on any atom is -0.465 e. The third-order valence-electron chi connectivity index (χ3n) is 3.71. The second-order valence-electron chi connectivity index (χ2n) is 5.01. The van der Waals surface area contributed by atoms with Crippen molar-refractivity contribution in [2.75, 3.05) is 12.4 Å². The van der Waals surface area contributed by atoms with Gasteiger partial charge in [-0.25, -0.2) is 13.2 Å². The van der Waals surface area contributed by atoms with Crippen LogP contribution in [0.3, 0.4) is 0 Å². The number of sulfonamides is 1. The molecule has 7 heteroatoms. The number of carbonyl (C=O) groups is 1. The molecule has 0 bridgehead atoms. The van der Waals surface area contributed by atoms with Crippen LogP contribution in [0, 0.1) is 0 Å². The Hall–Kier alpha value is -2.38. The Labute approximate surface area is 128 Å². The summed E-state index contributed by atoms with van der Waals surface area (Å²) in [5.41, 5.74) is 1.95. The fourth-order valence-electron chi connectivity index (χ4n) is 2.69. The standard InChI is InChI=1S/C15H14N2O4S/c1-17-14(10-6-8-11(9-7-10)16-15(18)19)12-4-2-3-5-13(12)22(17,20)21/h2-9,14,16H,1H3,(H,18,19). The lowest BCUT2D eigenvalue weighted by atomic mass is 9.99. The van der Waals surface area contributed by atoms with Gasteiger partial charge in [0.25, 0.3) is 0 Å². The third kappa shape index (κ3) is 2.24. The van der Waals surface area contributed by atoms with Crippen LogP contribution in [-0.4, -0.2) is 31.0 Å². The highest BCUT2D eigenvalue weighted by atomic mass is 32.2. The first-order valence-electron chi connectivity index (χ1n) is 6.58. The summed E-state index contributed by atoms with van der Waals surface area (Å²) >= 11 is 0. The van der Waals surface area contributed by atoms with Crippen molar-refractivity contribution in [1.29, 1.82) is 0 Å². The van der Waals surface area contributed by atoms with Crippen LogP contribution in [0.1, 0.15) is 17.2 Å². The maximum atomic E-state index is 12.4. The van der Waals surface area contributed by atoms with E-state index in [0.29, 0.717) is 10.6 Å². The highest BCUT2D eigenvalue weighted by Crippen LogP contribution is 2.41. The van der Waals surface area contributed by atoms with Crippen molar-refractivity contribution in [2.24, 2.45) is 0 Å². The molecule has 0 saturated heterocycles. The van der Waals surface area contributed by atoms with Gasteiger partial charge >= 0.3 is 6.09 Å². The summed E-state index contributed by atoms with van der Waals surface area (Å²) in [7, 11) is -1.94. The molecule has 0 aromatic heterocycles. The lowest BCUT2D eigenvalue weighted by Gasteiger charge is -2.19. The van der Waals surface area contributed by atoms with Crippen LogP contribution in [0.25, 0.3) is 0 Å². The van der Waals surface area contributed by atoms with Crippen molar-refractivity contribution >= 4 is 21.8 Å². The molecule has 114 valence electrons. The van der Waals surface area contributed by atoms with Gasteiger partial charge in [-0.15, -0.1) is 0 Å². The average molecular weight is 318 g/mol. The first-order valence-corrected chi connectivity index (χ1v) is 8.02. The third-order valence-corrected chi connectivity index (χ3v) is 5.61. The van der Waals surface area contributed by atoms with Gasteiger partial charge in [-0.05, 0) is 29.3 Å². The SMILES string of the molecule is CN1C(c2ccc(NC(=O)O)cc2)c2ccccc2S1(=O)=O. The summed E-state index contributed by atoms with van der Waals surface area (Å²) in [5.74, 6) is 0. The summed E-state index contributed by atoms with van der Waals surface area (Å²) in [6.07, 6.45) is -1.14. The van der Waals surface area contributed by atoms with Crippen LogP contribution in [-0.2, 0) is 10.0 Å². The molecule has 2 aromatic carbocycles. The van der Waals surface area contributed by atoms with Gasteiger partial charge in [0.15, 0.2) is 0 Å². The van der Waals surface area contributed by atoms with Crippen molar-refractivity contribution in [3.8, 4) is 0 Å². The monoisotopic (exact) mass is 318 g/mol. The normalized spacial score (nSPS) is 19.6. The summed E-state index contributed by atoms with van der Waals surface area (Å²) in [4.78, 5) is 10.9. The van der Waals surface area contributed by atoms with Gasteiger partial charge in [0.05, 0.1) is 10.9 Å². The lowest BCUT2D eigenvalue weighted by molar-refractivity contribution is 0.209. The molecule has 1 aliphatic heterocycles. The number of benzene rings is 2. The zero-order valence-corrected chi connectivity index (χ0v) is 12.5. The number of fused-ring (bicyclic) bond motifs is 1. The van der Waals surface area contributed by atoms with Gasteiger partial charge in [0, 0.05) is 12.7 Å². The lowest BCUT2D eigenvalue weighted by Crippen LogP contribution is -2.24. The van der Waals surface area contributed by atoms with Crippen LogP contribution < -0.4 is 5.32 Å². The Bertz CT molecular complexity index is 831. The molecule has 1 unspecified atom stereocenters. The molecule has 1 amide bonds. The van der Waals surface area contributed by atoms with E-state index in [1.54, 1.807) is 55.6 Å². The van der Waals surface area contributed by atoms with Gasteiger partial charge in [0.2, 0.25) is 10.0 Å². The number of amides is 1. The van der Waals surface area contributed by atoms with Gasteiger partial charge in [0.1, 0.15) is 0 Å². The highest BCUT2D eigenvalue weighted by molar-refractivity contribution is 7.89. The van der Waals surface area contributed by atoms with E-state index in [4.69, 9.17) is 5.11 Å². The van der Waals surface area contributed by atoms with Crippen LogP contribution >= 0.6 is 0 Å². The molecule has 6 nitrogen and oxygen atoms in total. The van der Waals surface area contributed by atoms with E-state index in [1.807, 2.05) is 0 Å². The van der Waals surface area contributed by atoms with Gasteiger partial charge in [-0.1, -0.05) is 30.3 Å². The van der Waals surface area contributed by atoms with Crippen LogP contribution in [0.15, 0.2) is 53.4 Å². The maximum absolute atomic E-state index is 12.4. The molecule has 2 N–H and O–H groups in total. The fraction of sp³-hybridized carbons (Fsp3) is 0.133. The number of rotatable bonds is 2. The Balaban J connectivity index is 2.04. The van der Waals surface area contributed by atoms with Crippen molar-refractivity contribution in [1.82, 2.24) is 4.31 Å². The Kier molecular flexibility index (Phi) is 3.38. The van der Waals surface area contributed by atoms with Gasteiger partial charge in [-0.3, -0.25) is 5.32 Å². The zero-order chi connectivity index (χ0) is 15.9. The van der Waals surface area contributed by atoms with Crippen LogP contribution in [0.5, 0.6) is 0 Å². The number of nitrogens with zero attached hydrogens (tertiary/aromatic N) is 1. The molecule has 0 saturated carbocycles. The summed E-state index contributed by atoms with van der Waals surface area (Å²) in [5, 5.41) is 10.9. The molecule has 2 aromatic rings. The van der Waals surface area contributed by atoms with E-state index in [1.165, 1.54) is 4.31 Å². The number of anilines is 1. The molecule has 0 radical (unpaired) electrons. The second-order valence-corrected chi connectivity index (χ2v) is 6.98. The average Bonchev–Trinajstić information content (AvgIpc) is 2.68. The van der Waals surface area contributed by atoms with E-state index in [0.717, 1.165) is 11.1 Å². The molecule has 1 aliphatic rings. The van der Waals surface area contributed by atoms with Crippen LogP contribution in [0.2, 0.25) is 0 Å². The van der Waals surface area contributed by atoms with E-state index in [9.17, 15) is 13.2 Å². The first-order chi connectivity index (χ1) is 10.4. The number of hydrogen-bond acceptors (Lipinski definition) is 3. The van der Waals surface area contributed by atoms with E-state index >= 15 is 0 Å². The van der Waals surface area contributed by atoms with E-state index in [-0.39, 0.29) is 0 Å². The van der Waals surface area contributed by atoms with E-state index < -0.39 is 22.2 Å². The van der Waals surface area contributed by atoms with Gasteiger partial charge < -0.3 is 5.11 Å². The maximum Gasteiger partial charge on any atom is 0.409 e. The van der Waals surface area contributed by atoms with Gasteiger partial charge in [-0.2, -0.15) is 4.31 Å². The van der Waals surface area contributed by atoms with Crippen molar-refractivity contribution in [3.05, 3.63) is 59.7 Å². The summed E-state index contributed by atoms with van der Waals surface area (Å²) < 4.78 is 26.2. The molecular formula is C15H14N2O4S. The Morgan fingerprint density at radius 2 is 1.77 bits per heavy atom. The zero-order valence-electron chi connectivity index (χ0n) is 11.7. The predicted octanol–water partition coefficient (Wildman–Crippen LogP) is 2.50.